The van der Waals surface area contributed by atoms with Gasteiger partial charge in [-0.05, 0) is 20.9 Å². The van der Waals surface area contributed by atoms with Crippen molar-refractivity contribution in [2.45, 2.75) is 44.2 Å². The van der Waals surface area contributed by atoms with E-state index in [0.717, 1.165) is 10.4 Å². The van der Waals surface area contributed by atoms with Crippen LogP contribution in [0.3, 0.4) is 0 Å². The highest BCUT2D eigenvalue weighted by Gasteiger charge is 2.50. The molecule has 30 heavy (non-hydrogen) atoms. The molecule has 162 valence electrons. The van der Waals surface area contributed by atoms with Crippen LogP contribution in [0.4, 0.5) is 0 Å². The number of benzene rings is 2. The van der Waals surface area contributed by atoms with Gasteiger partial charge in [-0.25, -0.2) is 0 Å². The summed E-state index contributed by atoms with van der Waals surface area (Å²) in [6, 6.07) is 19.4. The monoisotopic (exact) mass is 429 g/mol. The Kier molecular flexibility index (Phi) is 8.61. The molecule has 0 aliphatic rings. The van der Waals surface area contributed by atoms with Gasteiger partial charge in [-0.15, -0.1) is 0 Å². The van der Waals surface area contributed by atoms with Gasteiger partial charge >= 0.3 is 0 Å². The van der Waals surface area contributed by atoms with Crippen molar-refractivity contribution < 1.29 is 19.0 Å². The lowest BCUT2D eigenvalue weighted by Crippen LogP contribution is -2.67. The van der Waals surface area contributed by atoms with E-state index in [1.807, 2.05) is 36.4 Å². The quantitative estimate of drug-likeness (QED) is 0.206. The van der Waals surface area contributed by atoms with Crippen LogP contribution in [0, 0.1) is 0 Å². The summed E-state index contributed by atoms with van der Waals surface area (Å²) in [7, 11) is 0.0301. The number of azide groups is 1. The van der Waals surface area contributed by atoms with Gasteiger partial charge in [0.25, 0.3) is 8.32 Å². The van der Waals surface area contributed by atoms with Gasteiger partial charge in [0.1, 0.15) is 6.10 Å². The molecule has 0 amide bonds. The average Bonchev–Trinajstić information content (AvgIpc) is 2.74. The van der Waals surface area contributed by atoms with E-state index in [4.69, 9.17) is 19.4 Å². The third-order valence-electron chi connectivity index (χ3n) is 5.23. The Bertz CT molecular complexity index is 780. The number of rotatable bonds is 10. The smallest absolute Gasteiger partial charge is 0.261 e. The lowest BCUT2D eigenvalue weighted by atomic mass is 10.2. The third kappa shape index (κ3) is 5.10. The predicted molar refractivity (Wildman–Crippen MR) is 120 cm³/mol. The van der Waals surface area contributed by atoms with Gasteiger partial charge in [0.2, 0.25) is 0 Å². The molecule has 0 spiro atoms. The van der Waals surface area contributed by atoms with Crippen molar-refractivity contribution in [3.05, 3.63) is 71.1 Å². The summed E-state index contributed by atoms with van der Waals surface area (Å²) in [5.74, 6) is 0. The summed E-state index contributed by atoms with van der Waals surface area (Å²) in [5, 5.41) is 16.4. The molecule has 2 aromatic rings. The first kappa shape index (κ1) is 24.1. The molecule has 0 saturated carbocycles. The minimum absolute atomic E-state index is 0.0295. The summed E-state index contributed by atoms with van der Waals surface area (Å²) < 4.78 is 17.1. The van der Waals surface area contributed by atoms with Crippen LogP contribution in [0.25, 0.3) is 10.4 Å². The molecule has 0 radical (unpaired) electrons. The second-order valence-corrected chi connectivity index (χ2v) is 12.4. The van der Waals surface area contributed by atoms with E-state index < -0.39 is 26.8 Å². The van der Waals surface area contributed by atoms with Crippen molar-refractivity contribution in [1.82, 2.24) is 0 Å². The zero-order chi connectivity index (χ0) is 22.2. The number of hydrogen-bond acceptors (Lipinski definition) is 5. The maximum absolute atomic E-state index is 10.7. The average molecular weight is 430 g/mol. The number of aliphatic hydroxyl groups excluding tert-OH is 1. The normalized spacial score (nSPS) is 14.2. The first-order valence-electron chi connectivity index (χ1n) is 9.84. The standard InChI is InChI=1S/C22H31N3O4Si/c1-22(2,3)30(17-12-8-6-9-13-17,18-14-10-7-11-15-18)29-16-19(24-25-23)20(26)21(27-4)28-5/h6-15,19-21,26H,16H2,1-5H3/t19-,20+/m1/s1. The van der Waals surface area contributed by atoms with Crippen molar-refractivity contribution in [3.63, 3.8) is 0 Å². The van der Waals surface area contributed by atoms with Crippen LogP contribution >= 0.6 is 0 Å². The lowest BCUT2D eigenvalue weighted by molar-refractivity contribution is -0.171. The zero-order valence-electron chi connectivity index (χ0n) is 18.2. The summed E-state index contributed by atoms with van der Waals surface area (Å²) in [4.78, 5) is 2.91. The second kappa shape index (κ2) is 10.7. The Labute approximate surface area is 179 Å². The highest BCUT2D eigenvalue weighted by molar-refractivity contribution is 6.99. The second-order valence-electron chi connectivity index (χ2n) is 8.08. The molecule has 0 aromatic heterocycles. The zero-order valence-corrected chi connectivity index (χ0v) is 19.2. The molecule has 0 saturated heterocycles. The minimum Gasteiger partial charge on any atom is -0.407 e. The Morgan fingerprint density at radius 3 is 1.80 bits per heavy atom. The Morgan fingerprint density at radius 2 is 1.43 bits per heavy atom. The van der Waals surface area contributed by atoms with Gasteiger partial charge in [0.15, 0.2) is 6.29 Å². The fourth-order valence-electron chi connectivity index (χ4n) is 3.79. The molecule has 1 N–H and O–H groups in total. The molecule has 2 atom stereocenters. The van der Waals surface area contributed by atoms with Crippen LogP contribution in [0.5, 0.6) is 0 Å². The van der Waals surface area contributed by atoms with Crippen LogP contribution in [-0.2, 0) is 13.9 Å². The highest BCUT2D eigenvalue weighted by Crippen LogP contribution is 2.37. The van der Waals surface area contributed by atoms with Gasteiger partial charge in [0, 0.05) is 25.7 Å². The van der Waals surface area contributed by atoms with E-state index in [1.54, 1.807) is 0 Å². The summed E-state index contributed by atoms with van der Waals surface area (Å²) in [6.07, 6.45) is -2.10. The van der Waals surface area contributed by atoms with Gasteiger partial charge in [-0.1, -0.05) is 86.5 Å². The van der Waals surface area contributed by atoms with Crippen molar-refractivity contribution in [2.75, 3.05) is 20.8 Å². The van der Waals surface area contributed by atoms with Gasteiger partial charge in [-0.2, -0.15) is 0 Å². The van der Waals surface area contributed by atoms with Crippen LogP contribution < -0.4 is 10.4 Å². The molecule has 7 nitrogen and oxygen atoms in total. The molecule has 0 fully saturated rings. The van der Waals surface area contributed by atoms with Gasteiger partial charge < -0.3 is 19.0 Å². The van der Waals surface area contributed by atoms with E-state index in [-0.39, 0.29) is 11.6 Å². The van der Waals surface area contributed by atoms with E-state index >= 15 is 0 Å². The van der Waals surface area contributed by atoms with E-state index in [1.165, 1.54) is 14.2 Å². The van der Waals surface area contributed by atoms with Gasteiger partial charge in [0.05, 0.1) is 6.04 Å². The number of methoxy groups -OCH3 is 2. The van der Waals surface area contributed by atoms with Crippen molar-refractivity contribution >= 4 is 18.7 Å². The highest BCUT2D eigenvalue weighted by atomic mass is 28.4. The van der Waals surface area contributed by atoms with Crippen molar-refractivity contribution in [1.29, 1.82) is 0 Å². The number of hydrogen-bond donors (Lipinski definition) is 1. The molecular weight excluding hydrogens is 398 g/mol. The number of aliphatic hydroxyl groups is 1. The summed E-state index contributed by atoms with van der Waals surface area (Å²) >= 11 is 0. The van der Waals surface area contributed by atoms with Crippen molar-refractivity contribution in [3.8, 4) is 0 Å². The maximum atomic E-state index is 10.7. The van der Waals surface area contributed by atoms with E-state index in [0.29, 0.717) is 0 Å². The third-order valence-corrected chi connectivity index (χ3v) is 10.2. The number of nitrogens with zero attached hydrogens (tertiary/aromatic N) is 3. The Balaban J connectivity index is 2.53. The largest absolute Gasteiger partial charge is 0.407 e. The topological polar surface area (TPSA) is 96.7 Å². The first-order valence-corrected chi connectivity index (χ1v) is 11.8. The molecular formula is C22H31N3O4Si. The minimum atomic E-state index is -2.82. The van der Waals surface area contributed by atoms with Crippen LogP contribution in [0.15, 0.2) is 65.8 Å². The fourth-order valence-corrected chi connectivity index (χ4v) is 8.37. The van der Waals surface area contributed by atoms with Crippen LogP contribution in [-0.4, -0.2) is 52.7 Å². The maximum Gasteiger partial charge on any atom is 0.261 e. The summed E-state index contributed by atoms with van der Waals surface area (Å²) in [5.41, 5.74) is 9.06. The van der Waals surface area contributed by atoms with Crippen LogP contribution in [0.2, 0.25) is 5.04 Å². The first-order chi connectivity index (χ1) is 14.3. The molecule has 0 heterocycles. The Morgan fingerprint density at radius 1 is 0.967 bits per heavy atom. The summed E-state index contributed by atoms with van der Waals surface area (Å²) in [6.45, 7) is 6.50. The predicted octanol–water partition coefficient (Wildman–Crippen LogP) is 3.22. The molecule has 0 unspecified atom stereocenters. The molecule has 0 aliphatic carbocycles. The lowest BCUT2D eigenvalue weighted by Gasteiger charge is -2.43. The van der Waals surface area contributed by atoms with Gasteiger partial charge in [-0.3, -0.25) is 0 Å². The number of ether oxygens (including phenoxy) is 2. The molecule has 0 bridgehead atoms. The van der Waals surface area contributed by atoms with E-state index in [9.17, 15) is 5.11 Å². The SMILES string of the molecule is COC(OC)[C@@H](O)[C@@H](CO[Si](c1ccccc1)(c1ccccc1)C(C)(C)C)N=[N+]=[N-]. The molecule has 2 aromatic carbocycles. The Hall–Kier alpha value is -2.19. The molecule has 8 heteroatoms. The van der Waals surface area contributed by atoms with Crippen LogP contribution in [0.1, 0.15) is 20.8 Å². The molecule has 0 aliphatic heterocycles. The van der Waals surface area contributed by atoms with Crippen molar-refractivity contribution in [2.24, 2.45) is 5.11 Å². The molecule has 2 rings (SSSR count). The fraction of sp³-hybridized carbons (Fsp3) is 0.455. The van der Waals surface area contributed by atoms with E-state index in [2.05, 4.69) is 55.1 Å².